The minimum absolute atomic E-state index is 0.0822. The third-order valence-electron chi connectivity index (χ3n) is 5.67. The molecule has 2 aliphatic heterocycles. The molecule has 1 saturated carbocycles. The zero-order valence-corrected chi connectivity index (χ0v) is 13.7. The molecule has 3 fully saturated rings. The highest BCUT2D eigenvalue weighted by Crippen LogP contribution is 2.36. The number of hydrogen-bond donors (Lipinski definition) is 1. The molecule has 6 nitrogen and oxygen atoms in total. The highest BCUT2D eigenvalue weighted by Gasteiger charge is 2.46. The van der Waals surface area contributed by atoms with Gasteiger partial charge in [0.15, 0.2) is 0 Å². The predicted molar refractivity (Wildman–Crippen MR) is 87.2 cm³/mol. The van der Waals surface area contributed by atoms with Crippen molar-refractivity contribution in [2.75, 3.05) is 26.2 Å². The van der Waals surface area contributed by atoms with Crippen molar-refractivity contribution in [3.05, 3.63) is 30.1 Å². The average Bonchev–Trinajstić information content (AvgIpc) is 3.12. The van der Waals surface area contributed by atoms with Crippen LogP contribution in [-0.2, 0) is 9.53 Å². The van der Waals surface area contributed by atoms with Crippen LogP contribution in [0, 0.1) is 17.8 Å². The van der Waals surface area contributed by atoms with E-state index in [1.807, 2.05) is 4.90 Å². The first-order chi connectivity index (χ1) is 11.7. The summed E-state index contributed by atoms with van der Waals surface area (Å²) in [5, 5.41) is 2.99. The normalized spacial score (nSPS) is 29.2. The molecular formula is C18H23N3O3. The van der Waals surface area contributed by atoms with Crippen LogP contribution < -0.4 is 5.32 Å². The lowest BCUT2D eigenvalue weighted by Gasteiger charge is -2.29. The van der Waals surface area contributed by atoms with Crippen molar-refractivity contribution >= 4 is 11.8 Å². The molecule has 2 amide bonds. The standard InChI is InChI=1S/C18H23N3O3/c22-17(12-4-6-19-7-5-12)20-8-14-11-24-16-10-21(9-15(14)16)18(23)13-2-1-3-13/h4-7,13-16H,1-3,8-11H2,(H,20,22)/t14-,15+,16+/m0/s1. The van der Waals surface area contributed by atoms with Gasteiger partial charge < -0.3 is 15.0 Å². The number of nitrogens with zero attached hydrogens (tertiary/aromatic N) is 2. The van der Waals surface area contributed by atoms with Crippen molar-refractivity contribution in [3.8, 4) is 0 Å². The molecule has 4 rings (SSSR count). The van der Waals surface area contributed by atoms with E-state index in [0.717, 1.165) is 25.9 Å². The van der Waals surface area contributed by atoms with Gasteiger partial charge >= 0.3 is 0 Å². The van der Waals surface area contributed by atoms with E-state index in [4.69, 9.17) is 4.74 Å². The zero-order valence-electron chi connectivity index (χ0n) is 13.7. The molecule has 1 aromatic heterocycles. The van der Waals surface area contributed by atoms with Crippen LogP contribution in [0.2, 0.25) is 0 Å². The fourth-order valence-corrected chi connectivity index (χ4v) is 3.93. The second-order valence-corrected chi connectivity index (χ2v) is 7.11. The largest absolute Gasteiger partial charge is 0.376 e. The van der Waals surface area contributed by atoms with E-state index in [9.17, 15) is 9.59 Å². The Bertz CT molecular complexity index is 617. The third kappa shape index (κ3) is 2.90. The van der Waals surface area contributed by atoms with Crippen LogP contribution in [0.4, 0.5) is 0 Å². The number of ether oxygens (including phenoxy) is 1. The minimum atomic E-state index is -0.0822. The van der Waals surface area contributed by atoms with Gasteiger partial charge in [0.2, 0.25) is 5.91 Å². The Morgan fingerprint density at radius 2 is 2.04 bits per heavy atom. The van der Waals surface area contributed by atoms with E-state index in [1.54, 1.807) is 24.5 Å². The molecule has 1 N–H and O–H groups in total. The summed E-state index contributed by atoms with van der Waals surface area (Å²) in [5.41, 5.74) is 0.619. The molecule has 1 aliphatic carbocycles. The number of carbonyl (C=O) groups excluding carboxylic acids is 2. The Morgan fingerprint density at radius 3 is 2.75 bits per heavy atom. The van der Waals surface area contributed by atoms with Crippen LogP contribution in [0.3, 0.4) is 0 Å². The van der Waals surface area contributed by atoms with E-state index in [-0.39, 0.29) is 23.8 Å². The van der Waals surface area contributed by atoms with Crippen molar-refractivity contribution < 1.29 is 14.3 Å². The van der Waals surface area contributed by atoms with Gasteiger partial charge in [-0.3, -0.25) is 14.6 Å². The first-order valence-corrected chi connectivity index (χ1v) is 8.81. The average molecular weight is 329 g/mol. The number of fused-ring (bicyclic) bond motifs is 1. The highest BCUT2D eigenvalue weighted by atomic mass is 16.5. The van der Waals surface area contributed by atoms with Gasteiger partial charge in [-0.05, 0) is 25.0 Å². The van der Waals surface area contributed by atoms with Crippen LogP contribution in [0.5, 0.6) is 0 Å². The molecule has 3 aliphatic rings. The Balaban J connectivity index is 1.31. The number of pyridine rings is 1. The van der Waals surface area contributed by atoms with Crippen LogP contribution in [0.15, 0.2) is 24.5 Å². The van der Waals surface area contributed by atoms with Gasteiger partial charge in [0, 0.05) is 55.3 Å². The lowest BCUT2D eigenvalue weighted by atomic mass is 9.84. The summed E-state index contributed by atoms with van der Waals surface area (Å²) in [6.07, 6.45) is 6.62. The highest BCUT2D eigenvalue weighted by molar-refractivity contribution is 5.93. The minimum Gasteiger partial charge on any atom is -0.376 e. The summed E-state index contributed by atoms with van der Waals surface area (Å²) in [6, 6.07) is 3.41. The van der Waals surface area contributed by atoms with Gasteiger partial charge in [-0.1, -0.05) is 6.42 Å². The summed E-state index contributed by atoms with van der Waals surface area (Å²) in [5.74, 6) is 1.08. The van der Waals surface area contributed by atoms with E-state index in [0.29, 0.717) is 30.5 Å². The fraction of sp³-hybridized carbons (Fsp3) is 0.611. The summed E-state index contributed by atoms with van der Waals surface area (Å²) in [6.45, 7) is 2.75. The smallest absolute Gasteiger partial charge is 0.251 e. The molecule has 1 aromatic rings. The Labute approximate surface area is 141 Å². The number of likely N-dealkylation sites (tertiary alicyclic amines) is 1. The summed E-state index contributed by atoms with van der Waals surface area (Å²) < 4.78 is 5.88. The molecule has 0 spiro atoms. The van der Waals surface area contributed by atoms with Gasteiger partial charge in [-0.25, -0.2) is 0 Å². The number of aromatic nitrogens is 1. The molecule has 0 radical (unpaired) electrons. The number of nitrogens with one attached hydrogen (secondary N) is 1. The van der Waals surface area contributed by atoms with Crippen LogP contribution in [0.1, 0.15) is 29.6 Å². The maximum atomic E-state index is 12.4. The molecule has 2 saturated heterocycles. The van der Waals surface area contributed by atoms with Gasteiger partial charge in [0.05, 0.1) is 12.7 Å². The second kappa shape index (κ2) is 6.51. The number of amides is 2. The molecule has 0 unspecified atom stereocenters. The topological polar surface area (TPSA) is 71.5 Å². The Kier molecular flexibility index (Phi) is 4.22. The van der Waals surface area contributed by atoms with Gasteiger partial charge in [-0.15, -0.1) is 0 Å². The molecule has 3 atom stereocenters. The number of rotatable bonds is 4. The Morgan fingerprint density at radius 1 is 1.25 bits per heavy atom. The van der Waals surface area contributed by atoms with Crippen LogP contribution >= 0.6 is 0 Å². The first kappa shape index (κ1) is 15.6. The fourth-order valence-electron chi connectivity index (χ4n) is 3.93. The van der Waals surface area contributed by atoms with E-state index in [2.05, 4.69) is 10.3 Å². The molecule has 3 heterocycles. The van der Waals surface area contributed by atoms with Crippen molar-refractivity contribution in [1.82, 2.24) is 15.2 Å². The SMILES string of the molecule is O=C(NC[C@H]1CO[C@@H]2CN(C(=O)C3CCC3)C[C@H]12)c1ccncc1. The first-order valence-electron chi connectivity index (χ1n) is 8.81. The van der Waals surface area contributed by atoms with E-state index >= 15 is 0 Å². The number of hydrogen-bond acceptors (Lipinski definition) is 4. The van der Waals surface area contributed by atoms with E-state index in [1.165, 1.54) is 6.42 Å². The maximum absolute atomic E-state index is 12.4. The summed E-state index contributed by atoms with van der Waals surface area (Å²) >= 11 is 0. The molecule has 128 valence electrons. The van der Waals surface area contributed by atoms with Gasteiger partial charge in [0.1, 0.15) is 0 Å². The predicted octanol–water partition coefficient (Wildman–Crippen LogP) is 1.08. The lowest BCUT2D eigenvalue weighted by Crippen LogP contribution is -2.39. The quantitative estimate of drug-likeness (QED) is 0.897. The van der Waals surface area contributed by atoms with Crippen LogP contribution in [0.25, 0.3) is 0 Å². The van der Waals surface area contributed by atoms with Crippen molar-refractivity contribution in [3.63, 3.8) is 0 Å². The van der Waals surface area contributed by atoms with Crippen LogP contribution in [-0.4, -0.2) is 54.0 Å². The van der Waals surface area contributed by atoms with Gasteiger partial charge in [-0.2, -0.15) is 0 Å². The van der Waals surface area contributed by atoms with Crippen molar-refractivity contribution in [2.45, 2.75) is 25.4 Å². The monoisotopic (exact) mass is 329 g/mol. The molecular weight excluding hydrogens is 306 g/mol. The Hall–Kier alpha value is -1.95. The molecule has 0 aromatic carbocycles. The second-order valence-electron chi connectivity index (χ2n) is 7.11. The molecule has 24 heavy (non-hydrogen) atoms. The maximum Gasteiger partial charge on any atom is 0.251 e. The zero-order chi connectivity index (χ0) is 16.5. The third-order valence-corrected chi connectivity index (χ3v) is 5.67. The molecule has 6 heteroatoms. The lowest BCUT2D eigenvalue weighted by molar-refractivity contribution is -0.137. The summed E-state index contributed by atoms with van der Waals surface area (Å²) in [4.78, 5) is 30.5. The van der Waals surface area contributed by atoms with Crippen molar-refractivity contribution in [1.29, 1.82) is 0 Å². The van der Waals surface area contributed by atoms with Gasteiger partial charge in [0.25, 0.3) is 5.91 Å². The van der Waals surface area contributed by atoms with Crippen molar-refractivity contribution in [2.24, 2.45) is 17.8 Å². The number of carbonyl (C=O) groups is 2. The summed E-state index contributed by atoms with van der Waals surface area (Å²) in [7, 11) is 0. The van der Waals surface area contributed by atoms with E-state index < -0.39 is 0 Å². The molecule has 0 bridgehead atoms.